The molecule has 98 valence electrons. The van der Waals surface area contributed by atoms with E-state index in [2.05, 4.69) is 29.2 Å². The summed E-state index contributed by atoms with van der Waals surface area (Å²) in [4.78, 5) is 2.39. The number of para-hydroxylation sites is 1. The molecule has 0 N–H and O–H groups in total. The third-order valence-corrected chi connectivity index (χ3v) is 3.96. The first-order valence-electron chi connectivity index (χ1n) is 6.89. The van der Waals surface area contributed by atoms with E-state index in [0.29, 0.717) is 5.92 Å². The van der Waals surface area contributed by atoms with E-state index in [1.807, 2.05) is 18.2 Å². The summed E-state index contributed by atoms with van der Waals surface area (Å²) in [6.45, 7) is 2.01. The Bertz CT molecular complexity index is 530. The minimum Gasteiger partial charge on any atom is -0.371 e. The predicted octanol–water partition coefficient (Wildman–Crippen LogP) is 4.21. The molecule has 2 heteroatoms. The van der Waals surface area contributed by atoms with Crippen LogP contribution in [0.5, 0.6) is 0 Å². The van der Waals surface area contributed by atoms with Gasteiger partial charge in [0.1, 0.15) is 5.82 Å². The molecule has 1 nitrogen and oxygen atoms in total. The van der Waals surface area contributed by atoms with Crippen molar-refractivity contribution in [3.8, 4) is 0 Å². The van der Waals surface area contributed by atoms with Crippen molar-refractivity contribution in [1.82, 2.24) is 0 Å². The summed E-state index contributed by atoms with van der Waals surface area (Å²) in [5, 5.41) is 0. The molecule has 0 radical (unpaired) electrons. The van der Waals surface area contributed by atoms with Crippen molar-refractivity contribution in [3.63, 3.8) is 0 Å². The standard InChI is InChI=1S/C17H18FN/c18-17-9-5-4-8-16(17)14-10-12-19(13-11-14)15-6-2-1-3-7-15/h1-9,14H,10-13H2. The van der Waals surface area contributed by atoms with Crippen LogP contribution in [-0.4, -0.2) is 13.1 Å². The summed E-state index contributed by atoms with van der Waals surface area (Å²) in [7, 11) is 0. The number of halogens is 1. The molecule has 1 aliphatic heterocycles. The van der Waals surface area contributed by atoms with Crippen LogP contribution in [0.1, 0.15) is 24.3 Å². The van der Waals surface area contributed by atoms with Gasteiger partial charge in [-0.3, -0.25) is 0 Å². The Hall–Kier alpha value is -1.83. The Morgan fingerprint density at radius 2 is 1.47 bits per heavy atom. The lowest BCUT2D eigenvalue weighted by Gasteiger charge is -2.34. The van der Waals surface area contributed by atoms with Gasteiger partial charge in [-0.1, -0.05) is 36.4 Å². The molecule has 0 amide bonds. The lowest BCUT2D eigenvalue weighted by atomic mass is 9.89. The maximum absolute atomic E-state index is 13.8. The van der Waals surface area contributed by atoms with Crippen molar-refractivity contribution in [1.29, 1.82) is 0 Å². The van der Waals surface area contributed by atoms with E-state index in [-0.39, 0.29) is 5.82 Å². The highest BCUT2D eigenvalue weighted by Gasteiger charge is 2.22. The van der Waals surface area contributed by atoms with Crippen LogP contribution in [0, 0.1) is 5.82 Å². The van der Waals surface area contributed by atoms with E-state index in [4.69, 9.17) is 0 Å². The molecule has 0 spiro atoms. The van der Waals surface area contributed by atoms with E-state index in [0.717, 1.165) is 31.5 Å². The molecule has 2 aromatic rings. The average Bonchev–Trinajstić information content (AvgIpc) is 2.49. The second-order valence-electron chi connectivity index (χ2n) is 5.12. The highest BCUT2D eigenvalue weighted by Crippen LogP contribution is 2.31. The van der Waals surface area contributed by atoms with Crippen molar-refractivity contribution in [2.45, 2.75) is 18.8 Å². The Labute approximate surface area is 113 Å². The Kier molecular flexibility index (Phi) is 3.49. The third-order valence-electron chi connectivity index (χ3n) is 3.96. The summed E-state index contributed by atoms with van der Waals surface area (Å²) >= 11 is 0. The van der Waals surface area contributed by atoms with Gasteiger partial charge in [0.15, 0.2) is 0 Å². The van der Waals surface area contributed by atoms with Crippen LogP contribution in [0.15, 0.2) is 54.6 Å². The Morgan fingerprint density at radius 3 is 2.16 bits per heavy atom. The van der Waals surface area contributed by atoms with Crippen LogP contribution in [0.3, 0.4) is 0 Å². The first-order valence-corrected chi connectivity index (χ1v) is 6.89. The topological polar surface area (TPSA) is 3.24 Å². The van der Waals surface area contributed by atoms with Crippen LogP contribution in [-0.2, 0) is 0 Å². The molecule has 0 aromatic heterocycles. The van der Waals surface area contributed by atoms with Crippen molar-refractivity contribution in [2.24, 2.45) is 0 Å². The molecular formula is C17H18FN. The van der Waals surface area contributed by atoms with Gasteiger partial charge in [-0.25, -0.2) is 4.39 Å². The second kappa shape index (κ2) is 5.43. The molecule has 1 aliphatic rings. The quantitative estimate of drug-likeness (QED) is 0.777. The van der Waals surface area contributed by atoms with Gasteiger partial charge in [0, 0.05) is 18.8 Å². The molecular weight excluding hydrogens is 237 g/mol. The predicted molar refractivity (Wildman–Crippen MR) is 77.0 cm³/mol. The first-order chi connectivity index (χ1) is 9.34. The van der Waals surface area contributed by atoms with Crippen LogP contribution < -0.4 is 4.90 Å². The van der Waals surface area contributed by atoms with Crippen molar-refractivity contribution in [3.05, 3.63) is 66.0 Å². The summed E-state index contributed by atoms with van der Waals surface area (Å²) in [6.07, 6.45) is 2.05. The molecule has 3 rings (SSSR count). The fourth-order valence-electron chi connectivity index (χ4n) is 2.89. The van der Waals surface area contributed by atoms with Gasteiger partial charge < -0.3 is 4.90 Å². The van der Waals surface area contributed by atoms with Gasteiger partial charge >= 0.3 is 0 Å². The molecule has 0 saturated carbocycles. The number of nitrogens with zero attached hydrogens (tertiary/aromatic N) is 1. The Balaban J connectivity index is 1.69. The van der Waals surface area contributed by atoms with Gasteiger partial charge in [0.25, 0.3) is 0 Å². The maximum atomic E-state index is 13.8. The Morgan fingerprint density at radius 1 is 0.842 bits per heavy atom. The largest absolute Gasteiger partial charge is 0.371 e. The van der Waals surface area contributed by atoms with Crippen LogP contribution in [0.25, 0.3) is 0 Å². The summed E-state index contributed by atoms with van der Waals surface area (Å²) in [6, 6.07) is 17.6. The molecule has 0 unspecified atom stereocenters. The fourth-order valence-corrected chi connectivity index (χ4v) is 2.89. The monoisotopic (exact) mass is 255 g/mol. The summed E-state index contributed by atoms with van der Waals surface area (Å²) in [5.74, 6) is 0.307. The zero-order valence-electron chi connectivity index (χ0n) is 10.9. The van der Waals surface area contributed by atoms with Crippen LogP contribution >= 0.6 is 0 Å². The third kappa shape index (κ3) is 2.62. The van der Waals surface area contributed by atoms with Crippen molar-refractivity contribution in [2.75, 3.05) is 18.0 Å². The van der Waals surface area contributed by atoms with E-state index in [1.54, 1.807) is 12.1 Å². The van der Waals surface area contributed by atoms with E-state index in [9.17, 15) is 4.39 Å². The van der Waals surface area contributed by atoms with Crippen molar-refractivity contribution >= 4 is 5.69 Å². The number of hydrogen-bond donors (Lipinski definition) is 0. The molecule has 0 aliphatic carbocycles. The number of rotatable bonds is 2. The zero-order valence-corrected chi connectivity index (χ0v) is 10.9. The molecule has 0 bridgehead atoms. The van der Waals surface area contributed by atoms with Crippen LogP contribution in [0.4, 0.5) is 10.1 Å². The van der Waals surface area contributed by atoms with Gasteiger partial charge in [-0.05, 0) is 42.5 Å². The fraction of sp³-hybridized carbons (Fsp3) is 0.294. The van der Waals surface area contributed by atoms with E-state index in [1.165, 1.54) is 5.69 Å². The molecule has 1 saturated heterocycles. The van der Waals surface area contributed by atoms with Gasteiger partial charge in [-0.2, -0.15) is 0 Å². The number of piperidine rings is 1. The van der Waals surface area contributed by atoms with E-state index < -0.39 is 0 Å². The molecule has 1 fully saturated rings. The molecule has 0 atom stereocenters. The highest BCUT2D eigenvalue weighted by molar-refractivity contribution is 5.46. The smallest absolute Gasteiger partial charge is 0.126 e. The molecule has 1 heterocycles. The minimum absolute atomic E-state index is 0.0549. The second-order valence-corrected chi connectivity index (χ2v) is 5.12. The van der Waals surface area contributed by atoms with Gasteiger partial charge in [-0.15, -0.1) is 0 Å². The van der Waals surface area contributed by atoms with Crippen molar-refractivity contribution < 1.29 is 4.39 Å². The first kappa shape index (κ1) is 12.2. The average molecular weight is 255 g/mol. The number of benzene rings is 2. The molecule has 2 aromatic carbocycles. The molecule has 19 heavy (non-hydrogen) atoms. The maximum Gasteiger partial charge on any atom is 0.126 e. The summed E-state index contributed by atoms with van der Waals surface area (Å²) < 4.78 is 13.8. The lowest BCUT2D eigenvalue weighted by Crippen LogP contribution is -2.33. The van der Waals surface area contributed by atoms with Gasteiger partial charge in [0.05, 0.1) is 0 Å². The highest BCUT2D eigenvalue weighted by atomic mass is 19.1. The lowest BCUT2D eigenvalue weighted by molar-refractivity contribution is 0.482. The normalized spacial score (nSPS) is 16.6. The number of hydrogen-bond acceptors (Lipinski definition) is 1. The number of anilines is 1. The summed E-state index contributed by atoms with van der Waals surface area (Å²) in [5.41, 5.74) is 2.16. The SMILES string of the molecule is Fc1ccccc1C1CCN(c2ccccc2)CC1. The zero-order chi connectivity index (χ0) is 13.1. The minimum atomic E-state index is -0.0549. The van der Waals surface area contributed by atoms with E-state index >= 15 is 0 Å². The van der Waals surface area contributed by atoms with Gasteiger partial charge in [0.2, 0.25) is 0 Å². The van der Waals surface area contributed by atoms with Crippen LogP contribution in [0.2, 0.25) is 0 Å².